The molecule has 0 bridgehead atoms. The highest BCUT2D eigenvalue weighted by Crippen LogP contribution is 2.24. The first-order valence-corrected chi connectivity index (χ1v) is 8.15. The predicted octanol–water partition coefficient (Wildman–Crippen LogP) is 4.20. The van der Waals surface area contributed by atoms with Gasteiger partial charge in [0.1, 0.15) is 0 Å². The summed E-state index contributed by atoms with van der Waals surface area (Å²) in [6.07, 6.45) is 2.51. The van der Waals surface area contributed by atoms with Crippen molar-refractivity contribution < 1.29 is 4.79 Å². The summed E-state index contributed by atoms with van der Waals surface area (Å²) in [5.41, 5.74) is 9.29. The zero-order valence-corrected chi connectivity index (χ0v) is 15.9. The van der Waals surface area contributed by atoms with Crippen molar-refractivity contribution in [1.29, 1.82) is 0 Å². The number of anilines is 2. The van der Waals surface area contributed by atoms with Crippen LogP contribution in [0.1, 0.15) is 41.7 Å². The van der Waals surface area contributed by atoms with Crippen LogP contribution in [0.5, 0.6) is 0 Å². The van der Waals surface area contributed by atoms with Gasteiger partial charge in [-0.15, -0.1) is 24.8 Å². The molecule has 2 aromatic carbocycles. The molecule has 136 valence electrons. The maximum Gasteiger partial charge on any atom is 0.251 e. The highest BCUT2D eigenvalue weighted by molar-refractivity contribution is 5.95. The summed E-state index contributed by atoms with van der Waals surface area (Å²) >= 11 is 0. The lowest BCUT2D eigenvalue weighted by Gasteiger charge is -2.20. The van der Waals surface area contributed by atoms with Crippen molar-refractivity contribution in [3.63, 3.8) is 0 Å². The van der Waals surface area contributed by atoms with E-state index in [1.54, 1.807) is 24.3 Å². The van der Waals surface area contributed by atoms with E-state index in [1.807, 2.05) is 6.92 Å². The first-order valence-electron chi connectivity index (χ1n) is 8.15. The fourth-order valence-electron chi connectivity index (χ4n) is 3.01. The first-order chi connectivity index (χ1) is 11.1. The lowest BCUT2D eigenvalue weighted by Crippen LogP contribution is -2.27. The van der Waals surface area contributed by atoms with Crippen molar-refractivity contribution in [2.24, 2.45) is 0 Å². The van der Waals surface area contributed by atoms with Gasteiger partial charge in [0.15, 0.2) is 0 Å². The monoisotopic (exact) mass is 381 g/mol. The molecule has 0 aliphatic carbocycles. The Balaban J connectivity index is 0.00000156. The molecule has 1 saturated heterocycles. The number of carbonyl (C=O) groups is 1. The number of nitrogen functional groups attached to an aromatic ring is 1. The van der Waals surface area contributed by atoms with Crippen molar-refractivity contribution >= 4 is 42.1 Å². The number of rotatable bonds is 4. The van der Waals surface area contributed by atoms with Crippen LogP contribution in [0.25, 0.3) is 0 Å². The molecule has 1 unspecified atom stereocenters. The fraction of sp³-hybridized carbons (Fsp3) is 0.316. The highest BCUT2D eigenvalue weighted by Gasteiger charge is 2.15. The number of nitrogens with zero attached hydrogens (tertiary/aromatic N) is 1. The van der Waals surface area contributed by atoms with Crippen molar-refractivity contribution in [1.82, 2.24) is 5.32 Å². The van der Waals surface area contributed by atoms with Gasteiger partial charge in [-0.1, -0.05) is 18.2 Å². The molecule has 1 heterocycles. The summed E-state index contributed by atoms with van der Waals surface area (Å²) < 4.78 is 0. The summed E-state index contributed by atoms with van der Waals surface area (Å²) in [5, 5.41) is 3.04. The van der Waals surface area contributed by atoms with Gasteiger partial charge in [0.25, 0.3) is 5.91 Å². The van der Waals surface area contributed by atoms with Crippen LogP contribution in [-0.2, 0) is 0 Å². The minimum atomic E-state index is -0.101. The SMILES string of the molecule is CC(NC(=O)c1cccc(N)c1)c1cccc(N2CCCC2)c1.Cl.Cl. The van der Waals surface area contributed by atoms with E-state index < -0.39 is 0 Å². The molecule has 4 nitrogen and oxygen atoms in total. The first kappa shape index (κ1) is 21.1. The molecule has 0 radical (unpaired) electrons. The van der Waals surface area contributed by atoms with Gasteiger partial charge in [-0.3, -0.25) is 4.79 Å². The number of nitrogens with one attached hydrogen (secondary N) is 1. The molecular weight excluding hydrogens is 357 g/mol. The van der Waals surface area contributed by atoms with Crippen LogP contribution in [-0.4, -0.2) is 19.0 Å². The second-order valence-corrected chi connectivity index (χ2v) is 6.11. The summed E-state index contributed by atoms with van der Waals surface area (Å²) in [6.45, 7) is 4.24. The van der Waals surface area contributed by atoms with Gasteiger partial charge >= 0.3 is 0 Å². The minimum absolute atomic E-state index is 0. The number of hydrogen-bond acceptors (Lipinski definition) is 3. The Labute approximate surface area is 161 Å². The van der Waals surface area contributed by atoms with E-state index in [-0.39, 0.29) is 36.8 Å². The summed E-state index contributed by atoms with van der Waals surface area (Å²) in [4.78, 5) is 14.7. The van der Waals surface area contributed by atoms with Gasteiger partial charge < -0.3 is 16.0 Å². The summed E-state index contributed by atoms with van der Waals surface area (Å²) in [6, 6.07) is 15.4. The van der Waals surface area contributed by atoms with E-state index in [2.05, 4.69) is 34.5 Å². The number of halogens is 2. The average Bonchev–Trinajstić information content (AvgIpc) is 3.09. The maximum atomic E-state index is 12.3. The van der Waals surface area contributed by atoms with E-state index in [1.165, 1.54) is 18.5 Å². The molecule has 1 amide bonds. The number of hydrogen-bond donors (Lipinski definition) is 2. The molecular formula is C19H25Cl2N3O. The minimum Gasteiger partial charge on any atom is -0.399 e. The molecule has 6 heteroatoms. The Morgan fingerprint density at radius 2 is 1.76 bits per heavy atom. The Kier molecular flexibility index (Phi) is 8.07. The van der Waals surface area contributed by atoms with Crippen LogP contribution in [0.2, 0.25) is 0 Å². The van der Waals surface area contributed by atoms with Crippen LogP contribution in [0.15, 0.2) is 48.5 Å². The van der Waals surface area contributed by atoms with Crippen LogP contribution in [0, 0.1) is 0 Å². The highest BCUT2D eigenvalue weighted by atomic mass is 35.5. The smallest absolute Gasteiger partial charge is 0.251 e. The topological polar surface area (TPSA) is 58.4 Å². The van der Waals surface area contributed by atoms with E-state index in [0.29, 0.717) is 11.3 Å². The third-order valence-electron chi connectivity index (χ3n) is 4.34. The largest absolute Gasteiger partial charge is 0.399 e. The number of nitrogens with two attached hydrogens (primary N) is 1. The molecule has 0 spiro atoms. The van der Waals surface area contributed by atoms with Crippen LogP contribution in [0.3, 0.4) is 0 Å². The maximum absolute atomic E-state index is 12.3. The molecule has 1 fully saturated rings. The van der Waals surface area contributed by atoms with Crippen LogP contribution < -0.4 is 16.0 Å². The standard InChI is InChI=1S/C19H23N3O.2ClH/c1-14(21-19(23)16-7-4-8-17(20)12-16)15-6-5-9-18(13-15)22-10-2-3-11-22;;/h4-9,12-14H,2-3,10-11,20H2,1H3,(H,21,23);2*1H. The molecule has 3 rings (SSSR count). The van der Waals surface area contributed by atoms with Crippen molar-refractivity contribution in [2.75, 3.05) is 23.7 Å². The van der Waals surface area contributed by atoms with Crippen molar-refractivity contribution in [2.45, 2.75) is 25.8 Å². The Morgan fingerprint density at radius 1 is 1.08 bits per heavy atom. The quantitative estimate of drug-likeness (QED) is 0.779. The fourth-order valence-corrected chi connectivity index (χ4v) is 3.01. The number of benzene rings is 2. The van der Waals surface area contributed by atoms with E-state index in [9.17, 15) is 4.79 Å². The van der Waals surface area contributed by atoms with Gasteiger partial charge in [0.2, 0.25) is 0 Å². The molecule has 25 heavy (non-hydrogen) atoms. The molecule has 1 atom stereocenters. The van der Waals surface area contributed by atoms with Gasteiger partial charge in [-0.2, -0.15) is 0 Å². The van der Waals surface area contributed by atoms with Crippen LogP contribution in [0.4, 0.5) is 11.4 Å². The molecule has 1 aliphatic rings. The average molecular weight is 382 g/mol. The molecule has 0 aromatic heterocycles. The number of carbonyl (C=O) groups excluding carboxylic acids is 1. The zero-order valence-electron chi connectivity index (χ0n) is 14.3. The zero-order chi connectivity index (χ0) is 16.2. The molecule has 1 aliphatic heterocycles. The summed E-state index contributed by atoms with van der Waals surface area (Å²) in [7, 11) is 0. The van der Waals surface area contributed by atoms with Gasteiger partial charge in [-0.25, -0.2) is 0 Å². The van der Waals surface area contributed by atoms with E-state index >= 15 is 0 Å². The third kappa shape index (κ3) is 5.28. The lowest BCUT2D eigenvalue weighted by atomic mass is 10.1. The van der Waals surface area contributed by atoms with Crippen molar-refractivity contribution in [3.8, 4) is 0 Å². The number of amides is 1. The molecule has 3 N–H and O–H groups in total. The lowest BCUT2D eigenvalue weighted by molar-refractivity contribution is 0.0940. The van der Waals surface area contributed by atoms with Crippen LogP contribution >= 0.6 is 24.8 Å². The second kappa shape index (κ2) is 9.54. The van der Waals surface area contributed by atoms with Gasteiger partial charge in [0, 0.05) is 30.0 Å². The molecule has 0 saturated carbocycles. The van der Waals surface area contributed by atoms with Gasteiger partial charge in [0.05, 0.1) is 6.04 Å². The Bertz CT molecular complexity index is 703. The van der Waals surface area contributed by atoms with E-state index in [0.717, 1.165) is 18.7 Å². The third-order valence-corrected chi connectivity index (χ3v) is 4.34. The predicted molar refractivity (Wildman–Crippen MR) is 109 cm³/mol. The van der Waals surface area contributed by atoms with Gasteiger partial charge in [-0.05, 0) is 55.7 Å². The molecule has 2 aromatic rings. The van der Waals surface area contributed by atoms with E-state index in [4.69, 9.17) is 5.73 Å². The normalized spacial score (nSPS) is 14.2. The second-order valence-electron chi connectivity index (χ2n) is 6.11. The summed E-state index contributed by atoms with van der Waals surface area (Å²) in [5.74, 6) is -0.101. The van der Waals surface area contributed by atoms with Crippen molar-refractivity contribution in [3.05, 3.63) is 59.7 Å². The Hall–Kier alpha value is -1.91. The Morgan fingerprint density at radius 3 is 2.44 bits per heavy atom.